The van der Waals surface area contributed by atoms with Crippen molar-refractivity contribution in [3.05, 3.63) is 138 Å². The molecule has 5 rings (SSSR count). The van der Waals surface area contributed by atoms with Crippen molar-refractivity contribution in [3.8, 4) is 11.1 Å². The maximum Gasteiger partial charge on any atom is 0.408 e. The van der Waals surface area contributed by atoms with Gasteiger partial charge in [-0.15, -0.1) is 0 Å². The molecule has 6 nitrogen and oxygen atoms in total. The van der Waals surface area contributed by atoms with Gasteiger partial charge in [0.1, 0.15) is 12.6 Å². The smallest absolute Gasteiger partial charge is 0.408 e. The van der Waals surface area contributed by atoms with Gasteiger partial charge in [-0.25, -0.2) is 9.59 Å². The minimum absolute atomic E-state index is 0.0740. The minimum Gasteiger partial charge on any atom is -0.480 e. The third-order valence-corrected chi connectivity index (χ3v) is 6.95. The molecule has 0 aromatic heterocycles. The fraction of sp³-hybridized carbons (Fsp3) is 0.143. The second-order valence-electron chi connectivity index (χ2n) is 9.94. The van der Waals surface area contributed by atoms with Crippen molar-refractivity contribution in [2.75, 3.05) is 11.9 Å². The monoisotopic (exact) mass is 544 g/mol. The van der Waals surface area contributed by atoms with Gasteiger partial charge in [-0.1, -0.05) is 103 Å². The Balaban J connectivity index is 1.12. The number of nitrogens with one attached hydrogen (secondary N) is 2. The standard InChI is InChI=1S/C35H32N2O4/c38-34(39)33(37-35(40)41-24-26-7-2-1-3-8-26)22-27-9-6-12-32(21-27)36-20-19-25-13-15-29(16-14-25)31-18-17-28-10-4-5-11-30(28)23-31/h1-18,21,23,33,36H,19-20,22,24H2,(H,37,40)(H,38,39). The quantitative estimate of drug-likeness (QED) is 0.165. The van der Waals surface area contributed by atoms with Crippen LogP contribution in [0.3, 0.4) is 0 Å². The maximum absolute atomic E-state index is 12.2. The zero-order valence-corrected chi connectivity index (χ0v) is 22.6. The van der Waals surface area contributed by atoms with E-state index < -0.39 is 18.1 Å². The molecule has 0 bridgehead atoms. The van der Waals surface area contributed by atoms with Gasteiger partial charge in [-0.2, -0.15) is 0 Å². The number of alkyl carbamates (subject to hydrolysis) is 1. The summed E-state index contributed by atoms with van der Waals surface area (Å²) in [6.45, 7) is 0.801. The summed E-state index contributed by atoms with van der Waals surface area (Å²) in [4.78, 5) is 24.0. The van der Waals surface area contributed by atoms with Crippen LogP contribution in [0.1, 0.15) is 16.7 Å². The fourth-order valence-corrected chi connectivity index (χ4v) is 4.74. The first-order valence-corrected chi connectivity index (χ1v) is 13.6. The molecular formula is C35H32N2O4. The van der Waals surface area contributed by atoms with E-state index >= 15 is 0 Å². The average molecular weight is 545 g/mol. The third-order valence-electron chi connectivity index (χ3n) is 6.95. The van der Waals surface area contributed by atoms with Gasteiger partial charge in [0.15, 0.2) is 0 Å². The van der Waals surface area contributed by atoms with Gasteiger partial charge >= 0.3 is 12.1 Å². The number of amides is 1. The molecule has 0 saturated carbocycles. The summed E-state index contributed by atoms with van der Waals surface area (Å²) in [6, 6.07) is 39.2. The number of hydrogen-bond donors (Lipinski definition) is 3. The molecule has 0 saturated heterocycles. The van der Waals surface area contributed by atoms with Gasteiger partial charge in [0, 0.05) is 18.7 Å². The van der Waals surface area contributed by atoms with E-state index in [9.17, 15) is 14.7 Å². The number of anilines is 1. The number of carbonyl (C=O) groups excluding carboxylic acids is 1. The molecule has 0 radical (unpaired) electrons. The second kappa shape index (κ2) is 13.3. The number of fused-ring (bicyclic) bond motifs is 1. The van der Waals surface area contributed by atoms with Crippen molar-refractivity contribution >= 4 is 28.5 Å². The highest BCUT2D eigenvalue weighted by molar-refractivity contribution is 5.87. The zero-order valence-electron chi connectivity index (χ0n) is 22.6. The lowest BCUT2D eigenvalue weighted by atomic mass is 10.00. The Hall–Kier alpha value is -5.10. The van der Waals surface area contributed by atoms with Crippen molar-refractivity contribution in [1.29, 1.82) is 0 Å². The molecule has 0 aliphatic carbocycles. The van der Waals surface area contributed by atoms with E-state index in [2.05, 4.69) is 77.4 Å². The summed E-state index contributed by atoms with van der Waals surface area (Å²) in [7, 11) is 0. The summed E-state index contributed by atoms with van der Waals surface area (Å²) in [6.07, 6.45) is 0.221. The number of carboxylic acid groups (broad SMARTS) is 1. The lowest BCUT2D eigenvalue weighted by molar-refractivity contribution is -0.139. The van der Waals surface area contributed by atoms with Crippen LogP contribution in [0.4, 0.5) is 10.5 Å². The average Bonchev–Trinajstić information content (AvgIpc) is 3.00. The molecule has 0 spiro atoms. The van der Waals surface area contributed by atoms with Gasteiger partial charge < -0.3 is 20.5 Å². The Labute approximate surface area is 239 Å². The van der Waals surface area contributed by atoms with Gasteiger partial charge in [-0.3, -0.25) is 0 Å². The van der Waals surface area contributed by atoms with Crippen molar-refractivity contribution in [1.82, 2.24) is 5.32 Å². The largest absolute Gasteiger partial charge is 0.480 e. The SMILES string of the molecule is O=C(NC(Cc1cccc(NCCc2ccc(-c3ccc4ccccc4c3)cc2)c1)C(=O)O)OCc1ccccc1. The van der Waals surface area contributed by atoms with Gasteiger partial charge in [-0.05, 0) is 63.2 Å². The first-order chi connectivity index (χ1) is 20.0. The molecule has 0 aliphatic rings. The number of carbonyl (C=O) groups is 2. The van der Waals surface area contributed by atoms with Crippen LogP contribution in [-0.2, 0) is 29.0 Å². The Morgan fingerprint density at radius 1 is 0.683 bits per heavy atom. The molecule has 6 heteroatoms. The number of rotatable bonds is 11. The van der Waals surface area contributed by atoms with E-state index in [1.165, 1.54) is 27.5 Å². The van der Waals surface area contributed by atoms with Crippen LogP contribution in [-0.4, -0.2) is 29.8 Å². The number of benzene rings is 5. The Kier molecular flexibility index (Phi) is 8.91. The molecule has 41 heavy (non-hydrogen) atoms. The third kappa shape index (κ3) is 7.73. The highest BCUT2D eigenvalue weighted by atomic mass is 16.5. The van der Waals surface area contributed by atoms with Crippen LogP contribution in [0.25, 0.3) is 21.9 Å². The van der Waals surface area contributed by atoms with Gasteiger partial charge in [0.25, 0.3) is 0 Å². The molecule has 5 aromatic rings. The van der Waals surface area contributed by atoms with E-state index in [1.807, 2.05) is 54.6 Å². The Morgan fingerprint density at radius 3 is 2.17 bits per heavy atom. The highest BCUT2D eigenvalue weighted by Gasteiger charge is 2.21. The van der Waals surface area contributed by atoms with E-state index in [4.69, 9.17) is 4.74 Å². The van der Waals surface area contributed by atoms with Crippen LogP contribution in [0.2, 0.25) is 0 Å². The number of aliphatic carboxylic acids is 1. The first kappa shape index (κ1) is 27.5. The van der Waals surface area contributed by atoms with Crippen molar-refractivity contribution in [3.63, 3.8) is 0 Å². The van der Waals surface area contributed by atoms with Crippen LogP contribution in [0.5, 0.6) is 0 Å². The molecule has 3 N–H and O–H groups in total. The van der Waals surface area contributed by atoms with E-state index in [-0.39, 0.29) is 13.0 Å². The fourth-order valence-electron chi connectivity index (χ4n) is 4.74. The molecule has 206 valence electrons. The summed E-state index contributed by atoms with van der Waals surface area (Å²) in [5.74, 6) is -1.12. The number of hydrogen-bond acceptors (Lipinski definition) is 4. The molecule has 1 amide bonds. The first-order valence-electron chi connectivity index (χ1n) is 13.6. The van der Waals surface area contributed by atoms with Crippen molar-refractivity contribution < 1.29 is 19.4 Å². The predicted octanol–water partition coefficient (Wildman–Crippen LogP) is 7.08. The van der Waals surface area contributed by atoms with Crippen molar-refractivity contribution in [2.24, 2.45) is 0 Å². The summed E-state index contributed by atoms with van der Waals surface area (Å²) in [5, 5.41) is 18.0. The molecule has 1 atom stereocenters. The van der Waals surface area contributed by atoms with Crippen LogP contribution < -0.4 is 10.6 Å². The summed E-state index contributed by atoms with van der Waals surface area (Å²) < 4.78 is 5.19. The zero-order chi connectivity index (χ0) is 28.4. The molecular weight excluding hydrogens is 512 g/mol. The van der Waals surface area contributed by atoms with Crippen LogP contribution >= 0.6 is 0 Å². The van der Waals surface area contributed by atoms with Gasteiger partial charge in [0.2, 0.25) is 0 Å². The normalized spacial score (nSPS) is 11.5. The molecule has 1 unspecified atom stereocenters. The minimum atomic E-state index is -1.12. The highest BCUT2D eigenvalue weighted by Crippen LogP contribution is 2.25. The predicted molar refractivity (Wildman–Crippen MR) is 163 cm³/mol. The molecule has 0 fully saturated rings. The van der Waals surface area contributed by atoms with E-state index in [0.29, 0.717) is 0 Å². The Bertz CT molecular complexity index is 1620. The van der Waals surface area contributed by atoms with E-state index in [0.717, 1.165) is 29.8 Å². The number of ether oxygens (including phenoxy) is 1. The Morgan fingerprint density at radius 2 is 1.39 bits per heavy atom. The van der Waals surface area contributed by atoms with E-state index in [1.54, 1.807) is 0 Å². The topological polar surface area (TPSA) is 87.7 Å². The van der Waals surface area contributed by atoms with Crippen LogP contribution in [0, 0.1) is 0 Å². The second-order valence-corrected chi connectivity index (χ2v) is 9.94. The van der Waals surface area contributed by atoms with Crippen molar-refractivity contribution in [2.45, 2.75) is 25.5 Å². The van der Waals surface area contributed by atoms with Gasteiger partial charge in [0.05, 0.1) is 0 Å². The lowest BCUT2D eigenvalue weighted by Crippen LogP contribution is -2.42. The molecule has 5 aromatic carbocycles. The lowest BCUT2D eigenvalue weighted by Gasteiger charge is -2.16. The maximum atomic E-state index is 12.2. The van der Waals surface area contributed by atoms with Crippen LogP contribution in [0.15, 0.2) is 121 Å². The summed E-state index contributed by atoms with van der Waals surface area (Å²) >= 11 is 0. The number of carboxylic acids is 1. The summed E-state index contributed by atoms with van der Waals surface area (Å²) in [5.41, 5.74) is 6.13. The molecule has 0 aliphatic heterocycles. The molecule has 0 heterocycles.